The summed E-state index contributed by atoms with van der Waals surface area (Å²) in [6, 6.07) is 11.0. The molecule has 158 valence electrons. The number of carbonyl (C=O) groups excluding carboxylic acids is 1. The normalized spacial score (nSPS) is 13.6. The van der Waals surface area contributed by atoms with Crippen LogP contribution in [0.15, 0.2) is 71.7 Å². The van der Waals surface area contributed by atoms with Gasteiger partial charge < -0.3 is 9.64 Å². The van der Waals surface area contributed by atoms with Gasteiger partial charge in [0.15, 0.2) is 11.4 Å². The Labute approximate surface area is 177 Å². The smallest absolute Gasteiger partial charge is 0.277 e. The van der Waals surface area contributed by atoms with E-state index < -0.39 is 0 Å². The predicted molar refractivity (Wildman–Crippen MR) is 119 cm³/mol. The average Bonchev–Trinajstić information content (AvgIpc) is 2.73. The van der Waals surface area contributed by atoms with E-state index >= 15 is 0 Å². The van der Waals surface area contributed by atoms with Crippen LogP contribution < -0.4 is 15.2 Å². The number of hydrogen-bond acceptors (Lipinski definition) is 4. The monoisotopic (exact) mass is 407 g/mol. The molecule has 0 radical (unpaired) electrons. The summed E-state index contributed by atoms with van der Waals surface area (Å²) in [7, 11) is 1.89. The molecule has 0 bridgehead atoms. The Morgan fingerprint density at radius 3 is 2.67 bits per heavy atom. The summed E-state index contributed by atoms with van der Waals surface area (Å²) >= 11 is 0. The van der Waals surface area contributed by atoms with E-state index in [0.717, 1.165) is 30.4 Å². The molecule has 30 heavy (non-hydrogen) atoms. The van der Waals surface area contributed by atoms with Gasteiger partial charge in [-0.15, -0.1) is 0 Å². The molecule has 0 saturated carbocycles. The van der Waals surface area contributed by atoms with Crippen LogP contribution in [0.4, 0.5) is 0 Å². The number of ether oxygens (including phenoxy) is 1. The van der Waals surface area contributed by atoms with E-state index in [1.807, 2.05) is 55.4 Å². The van der Waals surface area contributed by atoms with Crippen molar-refractivity contribution in [2.24, 2.45) is 0 Å². The number of unbranched alkanes of at least 4 members (excludes halogenated alkanes) is 2. The van der Waals surface area contributed by atoms with Crippen LogP contribution in [0.25, 0.3) is 0 Å². The van der Waals surface area contributed by atoms with E-state index in [0.29, 0.717) is 13.2 Å². The van der Waals surface area contributed by atoms with E-state index in [2.05, 4.69) is 12.7 Å². The van der Waals surface area contributed by atoms with Crippen LogP contribution in [-0.4, -0.2) is 35.7 Å². The lowest BCUT2D eigenvalue weighted by molar-refractivity contribution is 0.0687. The molecule has 1 aromatic carbocycles. The van der Waals surface area contributed by atoms with Crippen molar-refractivity contribution in [3.8, 4) is 5.75 Å². The van der Waals surface area contributed by atoms with Crippen molar-refractivity contribution in [1.29, 1.82) is 0 Å². The van der Waals surface area contributed by atoms with Gasteiger partial charge in [0.1, 0.15) is 13.3 Å². The number of carbonyl (C=O) groups is 1. The van der Waals surface area contributed by atoms with Crippen molar-refractivity contribution in [1.82, 2.24) is 9.58 Å². The maximum Gasteiger partial charge on any atom is 0.277 e. The van der Waals surface area contributed by atoms with E-state index in [-0.39, 0.29) is 29.4 Å². The van der Waals surface area contributed by atoms with Gasteiger partial charge in [-0.3, -0.25) is 19.3 Å². The minimum Gasteiger partial charge on any atom is -0.482 e. The second-order valence-corrected chi connectivity index (χ2v) is 7.59. The Bertz CT molecular complexity index is 979. The van der Waals surface area contributed by atoms with Crippen molar-refractivity contribution in [3.63, 3.8) is 0 Å². The molecular formula is C24H29N3O3. The third-order valence-corrected chi connectivity index (χ3v) is 4.95. The summed E-state index contributed by atoms with van der Waals surface area (Å²) in [4.78, 5) is 27.5. The molecule has 0 spiro atoms. The van der Waals surface area contributed by atoms with Gasteiger partial charge in [0, 0.05) is 25.9 Å². The number of rotatable bonds is 9. The van der Waals surface area contributed by atoms with Crippen LogP contribution >= 0.6 is 0 Å². The van der Waals surface area contributed by atoms with Crippen molar-refractivity contribution in [2.75, 3.05) is 25.3 Å². The number of fused-ring (bicyclic) bond motifs is 1. The first kappa shape index (κ1) is 21.4. The molecule has 3 rings (SSSR count). The van der Waals surface area contributed by atoms with Crippen LogP contribution in [0, 0.1) is 0 Å². The number of nitrogens with zero attached hydrogens (tertiary/aromatic N) is 3. The van der Waals surface area contributed by atoms with Crippen LogP contribution in [0.3, 0.4) is 0 Å². The lowest BCUT2D eigenvalue weighted by atomic mass is 10.2. The largest absolute Gasteiger partial charge is 0.482 e. The molecule has 1 aliphatic heterocycles. The summed E-state index contributed by atoms with van der Waals surface area (Å²) in [6.45, 7) is 7.15. The fourth-order valence-corrected chi connectivity index (χ4v) is 3.41. The molecule has 1 amide bonds. The van der Waals surface area contributed by atoms with E-state index in [4.69, 9.17) is 4.74 Å². The quantitative estimate of drug-likeness (QED) is 0.470. The Balaban J connectivity index is 1.72. The molecule has 1 aliphatic rings. The highest BCUT2D eigenvalue weighted by atomic mass is 16.5. The van der Waals surface area contributed by atoms with E-state index in [1.165, 1.54) is 6.07 Å². The van der Waals surface area contributed by atoms with Gasteiger partial charge in [-0.05, 0) is 31.7 Å². The summed E-state index contributed by atoms with van der Waals surface area (Å²) < 4.78 is 7.55. The van der Waals surface area contributed by atoms with Crippen LogP contribution in [0.5, 0.6) is 5.75 Å². The molecule has 6 heteroatoms. The first-order valence-corrected chi connectivity index (χ1v) is 10.2. The second-order valence-electron chi connectivity index (χ2n) is 7.59. The third kappa shape index (κ3) is 5.20. The fourth-order valence-electron chi connectivity index (χ4n) is 3.41. The molecule has 2 heterocycles. The summed E-state index contributed by atoms with van der Waals surface area (Å²) in [5.41, 5.74) is 1.98. The SMILES string of the molecule is C=C(C)/C=C\CCCCN1CN(C)n2ccc(=O)c(OCc3ccccc3)c2C1=O. The summed E-state index contributed by atoms with van der Waals surface area (Å²) in [5, 5.41) is 1.91. The number of amides is 1. The number of aromatic nitrogens is 1. The first-order valence-electron chi connectivity index (χ1n) is 10.2. The third-order valence-electron chi connectivity index (χ3n) is 4.95. The Hall–Kier alpha value is -3.28. The molecule has 0 aliphatic carbocycles. The minimum absolute atomic E-state index is 0.104. The average molecular weight is 408 g/mol. The van der Waals surface area contributed by atoms with Crippen LogP contribution in [0.2, 0.25) is 0 Å². The fraction of sp³-hybridized carbons (Fsp3) is 0.333. The van der Waals surface area contributed by atoms with E-state index in [1.54, 1.807) is 15.8 Å². The molecule has 0 saturated heterocycles. The van der Waals surface area contributed by atoms with Gasteiger partial charge in [0.05, 0.1) is 0 Å². The Morgan fingerprint density at radius 1 is 1.17 bits per heavy atom. The first-order chi connectivity index (χ1) is 14.5. The molecular weight excluding hydrogens is 378 g/mol. The molecule has 0 unspecified atom stereocenters. The lowest BCUT2D eigenvalue weighted by Crippen LogP contribution is -2.52. The van der Waals surface area contributed by atoms with Gasteiger partial charge in [-0.25, -0.2) is 0 Å². The van der Waals surface area contributed by atoms with Gasteiger partial charge in [0.2, 0.25) is 5.43 Å². The van der Waals surface area contributed by atoms with Gasteiger partial charge in [0.25, 0.3) is 5.91 Å². The zero-order valence-corrected chi connectivity index (χ0v) is 17.7. The standard InChI is InChI=1S/C24H29N3O3/c1-19(2)11-7-4-5-10-15-26-18-25(3)27-16-14-21(28)23(22(27)24(26)29)30-17-20-12-8-6-9-13-20/h6-9,11-14,16H,1,4-5,10,15,17-18H2,2-3H3/b11-7-. The number of hydrogen-bond donors (Lipinski definition) is 0. The molecule has 0 atom stereocenters. The Kier molecular flexibility index (Phi) is 7.12. The molecule has 6 nitrogen and oxygen atoms in total. The van der Waals surface area contributed by atoms with Gasteiger partial charge >= 0.3 is 0 Å². The number of pyridine rings is 1. The minimum atomic E-state index is -0.286. The number of allylic oxidation sites excluding steroid dienone is 3. The van der Waals surface area contributed by atoms with Crippen LogP contribution in [-0.2, 0) is 6.61 Å². The summed E-state index contributed by atoms with van der Waals surface area (Å²) in [6.07, 6.45) is 8.57. The topological polar surface area (TPSA) is 54.8 Å². The Morgan fingerprint density at radius 2 is 1.93 bits per heavy atom. The van der Waals surface area contributed by atoms with E-state index in [9.17, 15) is 9.59 Å². The van der Waals surface area contributed by atoms with Gasteiger partial charge in [-0.2, -0.15) is 0 Å². The highest BCUT2D eigenvalue weighted by Crippen LogP contribution is 2.21. The number of benzene rings is 1. The second kappa shape index (κ2) is 9.96. The molecule has 1 aromatic heterocycles. The van der Waals surface area contributed by atoms with Crippen LogP contribution in [0.1, 0.15) is 42.2 Å². The molecule has 0 N–H and O–H groups in total. The zero-order valence-electron chi connectivity index (χ0n) is 17.7. The molecule has 2 aromatic rings. The maximum absolute atomic E-state index is 13.2. The maximum atomic E-state index is 13.2. The highest BCUT2D eigenvalue weighted by molar-refractivity contribution is 5.96. The van der Waals surface area contributed by atoms with Crippen molar-refractivity contribution >= 4 is 5.91 Å². The molecule has 0 fully saturated rings. The van der Waals surface area contributed by atoms with Crippen molar-refractivity contribution in [2.45, 2.75) is 32.8 Å². The predicted octanol–water partition coefficient (Wildman–Crippen LogP) is 3.71. The highest BCUT2D eigenvalue weighted by Gasteiger charge is 2.31. The lowest BCUT2D eigenvalue weighted by Gasteiger charge is -2.37. The zero-order chi connectivity index (χ0) is 21.5. The summed E-state index contributed by atoms with van der Waals surface area (Å²) in [5.74, 6) is -0.0707. The van der Waals surface area contributed by atoms with Crippen molar-refractivity contribution in [3.05, 3.63) is 88.4 Å². The van der Waals surface area contributed by atoms with Gasteiger partial charge in [-0.1, -0.05) is 54.6 Å². The van der Waals surface area contributed by atoms with Crippen molar-refractivity contribution < 1.29 is 9.53 Å².